The Labute approximate surface area is 181 Å². The molecule has 2 fully saturated rings. The Morgan fingerprint density at radius 1 is 1.00 bits per heavy atom. The number of morpholine rings is 1. The highest BCUT2D eigenvalue weighted by Crippen LogP contribution is 2.26. The van der Waals surface area contributed by atoms with Crippen LogP contribution in [-0.4, -0.2) is 58.0 Å². The first-order valence-corrected chi connectivity index (χ1v) is 11.9. The number of nitrogens with zero attached hydrogens (tertiary/aromatic N) is 2. The molecule has 2 aromatic rings. The minimum atomic E-state index is -3.77. The summed E-state index contributed by atoms with van der Waals surface area (Å²) in [5, 5.41) is 2.91. The lowest BCUT2D eigenvalue weighted by molar-refractivity contribution is -0.120. The summed E-state index contributed by atoms with van der Waals surface area (Å²) < 4.78 is 45.6. The number of ether oxygens (including phenoxy) is 1. The number of benzene rings is 2. The van der Waals surface area contributed by atoms with Crippen molar-refractivity contribution in [2.24, 2.45) is 5.92 Å². The van der Waals surface area contributed by atoms with E-state index >= 15 is 0 Å². The first kappa shape index (κ1) is 21.7. The predicted octanol–water partition coefficient (Wildman–Crippen LogP) is 2.70. The SMILES string of the molecule is O=C(Nc1ccc(N2CCOCC2)cc1)C1CCCN(S(=O)(=O)c2ccc(F)cc2)C1. The number of piperidine rings is 1. The number of rotatable bonds is 5. The third kappa shape index (κ3) is 5.06. The van der Waals surface area contributed by atoms with E-state index in [0.717, 1.165) is 30.9 Å². The van der Waals surface area contributed by atoms with Gasteiger partial charge >= 0.3 is 0 Å². The number of carbonyl (C=O) groups is 1. The van der Waals surface area contributed by atoms with E-state index in [9.17, 15) is 17.6 Å². The van der Waals surface area contributed by atoms with Crippen molar-refractivity contribution >= 4 is 27.3 Å². The molecular formula is C22H26FN3O4S. The summed E-state index contributed by atoms with van der Waals surface area (Å²) in [6.07, 6.45) is 1.21. The standard InChI is InChI=1S/C22H26FN3O4S/c23-18-3-9-21(10-4-18)31(28,29)26-11-1-2-17(16-26)22(27)24-19-5-7-20(8-6-19)25-12-14-30-15-13-25/h3-10,17H,1-2,11-16H2,(H,24,27). The van der Waals surface area contributed by atoms with Gasteiger partial charge < -0.3 is 15.0 Å². The number of amides is 1. The van der Waals surface area contributed by atoms with Crippen LogP contribution >= 0.6 is 0 Å². The highest BCUT2D eigenvalue weighted by molar-refractivity contribution is 7.89. The Hall–Kier alpha value is -2.49. The van der Waals surface area contributed by atoms with E-state index in [1.807, 2.05) is 24.3 Å². The van der Waals surface area contributed by atoms with E-state index in [2.05, 4.69) is 10.2 Å². The van der Waals surface area contributed by atoms with Gasteiger partial charge in [0.1, 0.15) is 5.82 Å². The Bertz CT molecular complexity index is 1010. The van der Waals surface area contributed by atoms with Crippen LogP contribution in [0.25, 0.3) is 0 Å². The lowest BCUT2D eigenvalue weighted by Gasteiger charge is -2.31. The average molecular weight is 448 g/mol. The molecule has 7 nitrogen and oxygen atoms in total. The van der Waals surface area contributed by atoms with Crippen LogP contribution in [0, 0.1) is 11.7 Å². The molecule has 2 aliphatic heterocycles. The van der Waals surface area contributed by atoms with Crippen molar-refractivity contribution in [2.75, 3.05) is 49.6 Å². The quantitative estimate of drug-likeness (QED) is 0.763. The maximum absolute atomic E-state index is 13.2. The minimum Gasteiger partial charge on any atom is -0.378 e. The molecule has 1 N–H and O–H groups in total. The van der Waals surface area contributed by atoms with Gasteiger partial charge in [0, 0.05) is 37.6 Å². The average Bonchev–Trinajstić information content (AvgIpc) is 2.80. The second kappa shape index (κ2) is 9.33. The molecule has 0 radical (unpaired) electrons. The summed E-state index contributed by atoms with van der Waals surface area (Å²) in [6.45, 7) is 3.54. The smallest absolute Gasteiger partial charge is 0.243 e. The van der Waals surface area contributed by atoms with Gasteiger partial charge in [-0.3, -0.25) is 4.79 Å². The number of carbonyl (C=O) groups excluding carboxylic acids is 1. The van der Waals surface area contributed by atoms with Crippen molar-refractivity contribution in [3.05, 3.63) is 54.3 Å². The van der Waals surface area contributed by atoms with Gasteiger partial charge in [0.05, 0.1) is 24.0 Å². The molecule has 1 amide bonds. The maximum atomic E-state index is 13.2. The Morgan fingerprint density at radius 2 is 1.68 bits per heavy atom. The zero-order valence-electron chi connectivity index (χ0n) is 17.2. The van der Waals surface area contributed by atoms with Crippen molar-refractivity contribution in [3.63, 3.8) is 0 Å². The van der Waals surface area contributed by atoms with Crippen LogP contribution in [0.5, 0.6) is 0 Å². The summed E-state index contributed by atoms with van der Waals surface area (Å²) in [5.41, 5.74) is 1.76. The molecule has 4 rings (SSSR count). The topological polar surface area (TPSA) is 79.0 Å². The van der Waals surface area contributed by atoms with E-state index in [1.165, 1.54) is 16.4 Å². The second-order valence-electron chi connectivity index (χ2n) is 7.79. The molecule has 0 aliphatic carbocycles. The van der Waals surface area contributed by atoms with Gasteiger partial charge in [0.2, 0.25) is 15.9 Å². The summed E-state index contributed by atoms with van der Waals surface area (Å²) >= 11 is 0. The summed E-state index contributed by atoms with van der Waals surface area (Å²) in [7, 11) is -3.77. The summed E-state index contributed by atoms with van der Waals surface area (Å²) in [6, 6.07) is 12.4. The molecule has 166 valence electrons. The van der Waals surface area contributed by atoms with Gasteiger partial charge in [-0.2, -0.15) is 4.31 Å². The van der Waals surface area contributed by atoms with Crippen molar-refractivity contribution in [1.29, 1.82) is 0 Å². The van der Waals surface area contributed by atoms with Gasteiger partial charge in [-0.25, -0.2) is 12.8 Å². The molecule has 2 aromatic carbocycles. The van der Waals surface area contributed by atoms with E-state index in [-0.39, 0.29) is 17.3 Å². The number of halogens is 1. The molecule has 31 heavy (non-hydrogen) atoms. The van der Waals surface area contributed by atoms with Crippen molar-refractivity contribution in [3.8, 4) is 0 Å². The van der Waals surface area contributed by atoms with Gasteiger partial charge in [0.15, 0.2) is 0 Å². The normalized spacial score (nSPS) is 20.4. The predicted molar refractivity (Wildman–Crippen MR) is 116 cm³/mol. The molecule has 0 bridgehead atoms. The van der Waals surface area contributed by atoms with Crippen molar-refractivity contribution < 1.29 is 22.3 Å². The molecular weight excluding hydrogens is 421 g/mol. The number of hydrogen-bond acceptors (Lipinski definition) is 5. The van der Waals surface area contributed by atoms with Crippen LogP contribution in [0.4, 0.5) is 15.8 Å². The van der Waals surface area contributed by atoms with E-state index in [1.54, 1.807) is 0 Å². The lowest BCUT2D eigenvalue weighted by Crippen LogP contribution is -2.43. The molecule has 1 atom stereocenters. The molecule has 2 heterocycles. The lowest BCUT2D eigenvalue weighted by atomic mass is 9.98. The first-order valence-electron chi connectivity index (χ1n) is 10.4. The maximum Gasteiger partial charge on any atom is 0.243 e. The number of nitrogens with one attached hydrogen (secondary N) is 1. The second-order valence-corrected chi connectivity index (χ2v) is 9.73. The van der Waals surface area contributed by atoms with E-state index in [0.29, 0.717) is 38.3 Å². The highest BCUT2D eigenvalue weighted by atomic mass is 32.2. The molecule has 0 saturated carbocycles. The highest BCUT2D eigenvalue weighted by Gasteiger charge is 2.33. The molecule has 2 aliphatic rings. The number of hydrogen-bond donors (Lipinski definition) is 1. The van der Waals surface area contributed by atoms with Crippen LogP contribution in [0.2, 0.25) is 0 Å². The van der Waals surface area contributed by atoms with Crippen molar-refractivity contribution in [1.82, 2.24) is 4.31 Å². The number of anilines is 2. The zero-order chi connectivity index (χ0) is 21.8. The summed E-state index contributed by atoms with van der Waals surface area (Å²) in [4.78, 5) is 15.1. The van der Waals surface area contributed by atoms with Crippen LogP contribution in [-0.2, 0) is 19.6 Å². The van der Waals surface area contributed by atoms with Crippen LogP contribution in [0.15, 0.2) is 53.4 Å². The Kier molecular flexibility index (Phi) is 6.54. The van der Waals surface area contributed by atoms with Crippen LogP contribution < -0.4 is 10.2 Å². The Balaban J connectivity index is 1.39. The fourth-order valence-electron chi connectivity index (χ4n) is 3.95. The van der Waals surface area contributed by atoms with Crippen molar-refractivity contribution in [2.45, 2.75) is 17.7 Å². The van der Waals surface area contributed by atoms with Gasteiger partial charge in [-0.1, -0.05) is 0 Å². The fraction of sp³-hybridized carbons (Fsp3) is 0.409. The monoisotopic (exact) mass is 447 g/mol. The molecule has 1 unspecified atom stereocenters. The third-order valence-electron chi connectivity index (χ3n) is 5.72. The molecule has 2 saturated heterocycles. The minimum absolute atomic E-state index is 0.0358. The Morgan fingerprint density at radius 3 is 2.35 bits per heavy atom. The number of sulfonamides is 1. The largest absolute Gasteiger partial charge is 0.378 e. The third-order valence-corrected chi connectivity index (χ3v) is 7.60. The zero-order valence-corrected chi connectivity index (χ0v) is 18.0. The van der Waals surface area contributed by atoms with Gasteiger partial charge in [-0.15, -0.1) is 0 Å². The molecule has 9 heteroatoms. The fourth-order valence-corrected chi connectivity index (χ4v) is 5.48. The molecule has 0 aromatic heterocycles. The molecule has 0 spiro atoms. The van der Waals surface area contributed by atoms with Crippen LogP contribution in [0.1, 0.15) is 12.8 Å². The van der Waals surface area contributed by atoms with Crippen LogP contribution in [0.3, 0.4) is 0 Å². The van der Waals surface area contributed by atoms with Gasteiger partial charge in [-0.05, 0) is 61.4 Å². The van der Waals surface area contributed by atoms with Gasteiger partial charge in [0.25, 0.3) is 0 Å². The first-order chi connectivity index (χ1) is 14.9. The van der Waals surface area contributed by atoms with E-state index in [4.69, 9.17) is 4.74 Å². The van der Waals surface area contributed by atoms with E-state index < -0.39 is 21.8 Å². The summed E-state index contributed by atoms with van der Waals surface area (Å²) in [5.74, 6) is -1.13.